The van der Waals surface area contributed by atoms with Crippen molar-refractivity contribution in [2.75, 3.05) is 25.1 Å². The second-order valence-corrected chi connectivity index (χ2v) is 5.66. The average molecular weight is 305 g/mol. The standard InChI is InChI=1S/C13H21ClN2O2S/c1-5-9(6-2)8-16(7-3)13-15-11(14)10(19-13)12(17)18-4/h9H,5-8H2,1-4H3. The van der Waals surface area contributed by atoms with Gasteiger partial charge in [0, 0.05) is 13.1 Å². The van der Waals surface area contributed by atoms with Gasteiger partial charge in [0.25, 0.3) is 0 Å². The van der Waals surface area contributed by atoms with Gasteiger partial charge >= 0.3 is 5.97 Å². The highest BCUT2D eigenvalue weighted by molar-refractivity contribution is 7.18. The minimum Gasteiger partial charge on any atom is -0.465 e. The van der Waals surface area contributed by atoms with Gasteiger partial charge in [-0.25, -0.2) is 9.78 Å². The van der Waals surface area contributed by atoms with Crippen LogP contribution in [0.25, 0.3) is 0 Å². The lowest BCUT2D eigenvalue weighted by molar-refractivity contribution is 0.0606. The summed E-state index contributed by atoms with van der Waals surface area (Å²) in [5.74, 6) is 0.205. The van der Waals surface area contributed by atoms with Gasteiger partial charge in [0.1, 0.15) is 0 Å². The van der Waals surface area contributed by atoms with Crippen LogP contribution in [0.3, 0.4) is 0 Å². The number of carbonyl (C=O) groups is 1. The lowest BCUT2D eigenvalue weighted by atomic mass is 10.0. The molecule has 4 nitrogen and oxygen atoms in total. The third-order valence-corrected chi connectivity index (χ3v) is 4.71. The molecule has 1 rings (SSSR count). The van der Waals surface area contributed by atoms with Gasteiger partial charge in [-0.3, -0.25) is 0 Å². The molecule has 0 unspecified atom stereocenters. The van der Waals surface area contributed by atoms with Crippen LogP contribution in [0.2, 0.25) is 5.15 Å². The van der Waals surface area contributed by atoms with E-state index in [0.29, 0.717) is 10.8 Å². The topological polar surface area (TPSA) is 42.4 Å². The van der Waals surface area contributed by atoms with E-state index in [-0.39, 0.29) is 5.15 Å². The summed E-state index contributed by atoms with van der Waals surface area (Å²) < 4.78 is 4.70. The van der Waals surface area contributed by atoms with E-state index in [2.05, 4.69) is 30.7 Å². The van der Waals surface area contributed by atoms with Gasteiger partial charge in [-0.1, -0.05) is 49.6 Å². The van der Waals surface area contributed by atoms with Crippen molar-refractivity contribution in [2.45, 2.75) is 33.6 Å². The first-order valence-electron chi connectivity index (χ1n) is 6.56. The first-order chi connectivity index (χ1) is 9.07. The van der Waals surface area contributed by atoms with E-state index >= 15 is 0 Å². The van der Waals surface area contributed by atoms with Gasteiger partial charge in [-0.15, -0.1) is 0 Å². The summed E-state index contributed by atoms with van der Waals surface area (Å²) in [6.45, 7) is 8.25. The largest absolute Gasteiger partial charge is 0.465 e. The van der Waals surface area contributed by atoms with Gasteiger partial charge in [0.15, 0.2) is 15.2 Å². The van der Waals surface area contributed by atoms with Crippen LogP contribution in [0.5, 0.6) is 0 Å². The maximum atomic E-state index is 11.5. The quantitative estimate of drug-likeness (QED) is 0.718. The first-order valence-corrected chi connectivity index (χ1v) is 7.76. The van der Waals surface area contributed by atoms with Crippen molar-refractivity contribution < 1.29 is 9.53 Å². The summed E-state index contributed by atoms with van der Waals surface area (Å²) in [6.07, 6.45) is 2.27. The highest BCUT2D eigenvalue weighted by Gasteiger charge is 2.21. The number of nitrogens with zero attached hydrogens (tertiary/aromatic N) is 2. The molecule has 6 heteroatoms. The van der Waals surface area contributed by atoms with Crippen molar-refractivity contribution in [3.05, 3.63) is 10.0 Å². The number of methoxy groups -OCH3 is 1. The van der Waals surface area contributed by atoms with Gasteiger partial charge in [-0.2, -0.15) is 0 Å². The van der Waals surface area contributed by atoms with E-state index in [4.69, 9.17) is 16.3 Å². The average Bonchev–Trinajstić information content (AvgIpc) is 2.81. The maximum Gasteiger partial charge on any atom is 0.351 e. The molecular weight excluding hydrogens is 284 g/mol. The van der Waals surface area contributed by atoms with Gasteiger partial charge in [0.2, 0.25) is 0 Å². The molecule has 0 N–H and O–H groups in total. The number of esters is 1. The molecule has 108 valence electrons. The molecule has 0 radical (unpaired) electrons. The van der Waals surface area contributed by atoms with Crippen LogP contribution in [0.15, 0.2) is 0 Å². The van der Waals surface area contributed by atoms with Crippen LogP contribution in [0.1, 0.15) is 43.3 Å². The minimum absolute atomic E-state index is 0.231. The zero-order chi connectivity index (χ0) is 14.4. The molecule has 0 bridgehead atoms. The van der Waals surface area contributed by atoms with Crippen LogP contribution >= 0.6 is 22.9 Å². The minimum atomic E-state index is -0.424. The highest BCUT2D eigenvalue weighted by Crippen LogP contribution is 2.31. The summed E-state index contributed by atoms with van der Waals surface area (Å²) in [7, 11) is 1.35. The fourth-order valence-corrected chi connectivity index (χ4v) is 3.12. The number of anilines is 1. The van der Waals surface area contributed by atoms with Crippen molar-refractivity contribution in [2.24, 2.45) is 5.92 Å². The Bertz CT molecular complexity index is 419. The molecule has 0 aliphatic heterocycles. The normalized spacial score (nSPS) is 10.8. The highest BCUT2D eigenvalue weighted by atomic mass is 35.5. The Hall–Kier alpha value is -0.810. The predicted molar refractivity (Wildman–Crippen MR) is 80.4 cm³/mol. The third kappa shape index (κ3) is 4.08. The molecule has 1 aromatic rings. The Morgan fingerprint density at radius 1 is 1.42 bits per heavy atom. The zero-order valence-corrected chi connectivity index (χ0v) is 13.5. The van der Waals surface area contributed by atoms with Crippen molar-refractivity contribution in [1.82, 2.24) is 4.98 Å². The molecule has 0 aromatic carbocycles. The lowest BCUT2D eigenvalue weighted by Gasteiger charge is -2.24. The monoisotopic (exact) mass is 304 g/mol. The summed E-state index contributed by atoms with van der Waals surface area (Å²) in [5.41, 5.74) is 0. The Balaban J connectivity index is 2.90. The number of thiazole rings is 1. The van der Waals surface area contributed by atoms with Gasteiger partial charge in [-0.05, 0) is 12.8 Å². The maximum absolute atomic E-state index is 11.5. The molecule has 0 aliphatic rings. The number of ether oxygens (including phenoxy) is 1. The lowest BCUT2D eigenvalue weighted by Crippen LogP contribution is -2.28. The van der Waals surface area contributed by atoms with Crippen molar-refractivity contribution in [1.29, 1.82) is 0 Å². The van der Waals surface area contributed by atoms with Crippen LogP contribution in [0, 0.1) is 5.92 Å². The van der Waals surface area contributed by atoms with Crippen LogP contribution in [-0.4, -0.2) is 31.2 Å². The fourth-order valence-electron chi connectivity index (χ4n) is 1.85. The van der Waals surface area contributed by atoms with E-state index in [0.717, 1.165) is 31.1 Å². The second-order valence-electron chi connectivity index (χ2n) is 4.33. The molecule has 1 heterocycles. The number of halogens is 1. The molecular formula is C13H21ClN2O2S. The molecule has 19 heavy (non-hydrogen) atoms. The molecule has 0 atom stereocenters. The van der Waals surface area contributed by atoms with Crippen molar-refractivity contribution in [3.63, 3.8) is 0 Å². The smallest absolute Gasteiger partial charge is 0.351 e. The predicted octanol–water partition coefficient (Wildman–Crippen LogP) is 3.85. The number of aromatic nitrogens is 1. The van der Waals surface area contributed by atoms with Crippen LogP contribution < -0.4 is 4.90 Å². The summed E-state index contributed by atoms with van der Waals surface area (Å²) in [4.78, 5) is 18.4. The molecule has 0 spiro atoms. The Morgan fingerprint density at radius 3 is 2.53 bits per heavy atom. The van der Waals surface area contributed by atoms with Crippen LogP contribution in [-0.2, 0) is 4.74 Å². The molecule has 0 aliphatic carbocycles. The Kier molecular flexibility index (Phi) is 6.58. The molecule has 0 saturated carbocycles. The molecule has 0 fully saturated rings. The third-order valence-electron chi connectivity index (χ3n) is 3.23. The first kappa shape index (κ1) is 16.2. The SMILES string of the molecule is CCC(CC)CN(CC)c1nc(Cl)c(C(=O)OC)s1. The number of hydrogen-bond acceptors (Lipinski definition) is 5. The number of rotatable bonds is 7. The van der Waals surface area contributed by atoms with E-state index in [1.807, 2.05) is 0 Å². The van der Waals surface area contributed by atoms with Crippen molar-refractivity contribution >= 4 is 34.0 Å². The Morgan fingerprint density at radius 2 is 2.05 bits per heavy atom. The van der Waals surface area contributed by atoms with E-state index in [1.165, 1.54) is 18.4 Å². The van der Waals surface area contributed by atoms with E-state index in [9.17, 15) is 4.79 Å². The molecule has 0 saturated heterocycles. The second kappa shape index (κ2) is 7.70. The van der Waals surface area contributed by atoms with E-state index < -0.39 is 5.97 Å². The Labute approximate surface area is 123 Å². The summed E-state index contributed by atoms with van der Waals surface area (Å²) in [5, 5.41) is 1.02. The summed E-state index contributed by atoms with van der Waals surface area (Å²) >= 11 is 7.29. The number of hydrogen-bond donors (Lipinski definition) is 0. The number of carbonyl (C=O) groups excluding carboxylic acids is 1. The zero-order valence-electron chi connectivity index (χ0n) is 11.9. The van der Waals surface area contributed by atoms with Crippen molar-refractivity contribution in [3.8, 4) is 0 Å². The fraction of sp³-hybridized carbons (Fsp3) is 0.692. The van der Waals surface area contributed by atoms with Gasteiger partial charge < -0.3 is 9.64 Å². The van der Waals surface area contributed by atoms with Crippen LogP contribution in [0.4, 0.5) is 5.13 Å². The van der Waals surface area contributed by atoms with E-state index in [1.54, 1.807) is 0 Å². The summed E-state index contributed by atoms with van der Waals surface area (Å²) in [6, 6.07) is 0. The molecule has 1 aromatic heterocycles. The molecule has 0 amide bonds. The van der Waals surface area contributed by atoms with Gasteiger partial charge in [0.05, 0.1) is 7.11 Å².